The van der Waals surface area contributed by atoms with Gasteiger partial charge in [0.25, 0.3) is 0 Å². The van der Waals surface area contributed by atoms with Crippen LogP contribution in [-0.4, -0.2) is 65.9 Å². The summed E-state index contributed by atoms with van der Waals surface area (Å²) in [5.74, 6) is 0.969. The molecule has 0 radical (unpaired) electrons. The van der Waals surface area contributed by atoms with Crippen molar-refractivity contribution in [3.05, 3.63) is 47.9 Å². The minimum atomic E-state index is -4.60. The smallest absolute Gasteiger partial charge is 0.416 e. The number of ether oxygens (including phenoxy) is 1. The lowest BCUT2D eigenvalue weighted by molar-refractivity contribution is -0.137. The SMILES string of the molecule is O=S(=O)(c1cccc(C(F)(F)F)c1)N1CCCN2C[C@H](Oc3cnc(C4CC4)cn3)C[C@H]2C1. The molecule has 0 spiro atoms. The minimum absolute atomic E-state index is 0.0724. The molecule has 7 nitrogen and oxygen atoms in total. The van der Waals surface area contributed by atoms with E-state index in [0.717, 1.165) is 30.7 Å². The first-order valence-electron chi connectivity index (χ1n) is 11.1. The summed E-state index contributed by atoms with van der Waals surface area (Å²) in [6.45, 7) is 1.83. The Bertz CT molecular complexity index is 1110. The van der Waals surface area contributed by atoms with Crippen LogP contribution in [0.15, 0.2) is 41.6 Å². The van der Waals surface area contributed by atoms with Crippen molar-refractivity contribution in [2.75, 3.05) is 26.2 Å². The largest absolute Gasteiger partial charge is 0.472 e. The molecule has 5 rings (SSSR count). The summed E-state index contributed by atoms with van der Waals surface area (Å²) in [6, 6.07) is 3.87. The molecule has 1 aliphatic carbocycles. The number of nitrogens with zero attached hydrogens (tertiary/aromatic N) is 4. The number of alkyl halides is 3. The van der Waals surface area contributed by atoms with E-state index >= 15 is 0 Å². The molecular weight excluding hydrogens is 457 g/mol. The summed E-state index contributed by atoms with van der Waals surface area (Å²) in [5, 5.41) is 0. The van der Waals surface area contributed by atoms with Crippen LogP contribution in [0.5, 0.6) is 5.88 Å². The molecule has 2 aromatic rings. The van der Waals surface area contributed by atoms with Crippen LogP contribution in [0, 0.1) is 0 Å². The second-order valence-electron chi connectivity index (χ2n) is 8.92. The van der Waals surface area contributed by atoms with Crippen LogP contribution >= 0.6 is 0 Å². The Balaban J connectivity index is 1.27. The van der Waals surface area contributed by atoms with Crippen LogP contribution in [0.1, 0.15) is 42.9 Å². The van der Waals surface area contributed by atoms with Gasteiger partial charge in [0.1, 0.15) is 6.10 Å². The summed E-state index contributed by atoms with van der Waals surface area (Å²) in [5.41, 5.74) is 0.0151. The Labute approximate surface area is 190 Å². The quantitative estimate of drug-likeness (QED) is 0.651. The van der Waals surface area contributed by atoms with Crippen molar-refractivity contribution in [1.82, 2.24) is 19.2 Å². The predicted octanol–water partition coefficient (Wildman–Crippen LogP) is 3.29. The van der Waals surface area contributed by atoms with Gasteiger partial charge >= 0.3 is 6.18 Å². The van der Waals surface area contributed by atoms with E-state index in [1.165, 1.54) is 10.4 Å². The molecule has 1 aromatic carbocycles. The molecule has 3 heterocycles. The second-order valence-corrected chi connectivity index (χ2v) is 10.9. The molecule has 3 fully saturated rings. The molecule has 1 aromatic heterocycles. The number of hydrogen-bond donors (Lipinski definition) is 0. The Morgan fingerprint density at radius 1 is 1.06 bits per heavy atom. The standard InChI is InChI=1S/C22H25F3N4O3S/c23-22(24,25)16-3-1-4-19(9-16)33(30,31)29-8-2-7-28-14-18(10-17(28)13-29)32-21-12-26-20(11-27-21)15-5-6-15/h1,3-4,9,11-12,15,17-18H,2,5-8,10,13-14H2/t17-,18+/m0/s1. The fraction of sp³-hybridized carbons (Fsp3) is 0.545. The number of aromatic nitrogens is 2. The van der Waals surface area contributed by atoms with Gasteiger partial charge in [-0.3, -0.25) is 9.88 Å². The average molecular weight is 483 g/mol. The van der Waals surface area contributed by atoms with Gasteiger partial charge in [-0.1, -0.05) is 6.07 Å². The number of hydrogen-bond acceptors (Lipinski definition) is 6. The monoisotopic (exact) mass is 482 g/mol. The van der Waals surface area contributed by atoms with E-state index in [4.69, 9.17) is 4.74 Å². The Kier molecular flexibility index (Phi) is 5.82. The van der Waals surface area contributed by atoms with Crippen molar-refractivity contribution in [2.24, 2.45) is 0 Å². The van der Waals surface area contributed by atoms with Crippen molar-refractivity contribution in [1.29, 1.82) is 0 Å². The third-order valence-electron chi connectivity index (χ3n) is 6.49. The van der Waals surface area contributed by atoms with E-state index in [1.54, 1.807) is 12.4 Å². The Morgan fingerprint density at radius 2 is 1.88 bits per heavy atom. The highest BCUT2D eigenvalue weighted by atomic mass is 32.2. The van der Waals surface area contributed by atoms with Crippen molar-refractivity contribution < 1.29 is 26.3 Å². The van der Waals surface area contributed by atoms with Crippen LogP contribution in [0.3, 0.4) is 0 Å². The van der Waals surface area contributed by atoms with Crippen molar-refractivity contribution in [3.63, 3.8) is 0 Å². The maximum Gasteiger partial charge on any atom is 0.416 e. The van der Waals surface area contributed by atoms with Gasteiger partial charge < -0.3 is 4.74 Å². The van der Waals surface area contributed by atoms with E-state index in [2.05, 4.69) is 14.9 Å². The zero-order valence-corrected chi connectivity index (χ0v) is 18.7. The molecule has 0 bridgehead atoms. The Hall–Kier alpha value is -2.24. The molecule has 0 unspecified atom stereocenters. The van der Waals surface area contributed by atoms with Gasteiger partial charge in [-0.15, -0.1) is 0 Å². The van der Waals surface area contributed by atoms with E-state index in [-0.39, 0.29) is 30.1 Å². The third kappa shape index (κ3) is 4.85. The first-order valence-corrected chi connectivity index (χ1v) is 12.5. The van der Waals surface area contributed by atoms with E-state index in [9.17, 15) is 21.6 Å². The number of benzene rings is 1. The van der Waals surface area contributed by atoms with Gasteiger partial charge in [0.2, 0.25) is 15.9 Å². The summed E-state index contributed by atoms with van der Waals surface area (Å²) in [7, 11) is -4.05. The third-order valence-corrected chi connectivity index (χ3v) is 8.35. The predicted molar refractivity (Wildman–Crippen MR) is 113 cm³/mol. The average Bonchev–Trinajstić information content (AvgIpc) is 3.59. The molecule has 11 heteroatoms. The molecule has 2 aliphatic heterocycles. The summed E-state index contributed by atoms with van der Waals surface area (Å²) < 4.78 is 72.9. The number of rotatable bonds is 5. The highest BCUT2D eigenvalue weighted by Gasteiger charge is 2.40. The molecule has 2 atom stereocenters. The molecule has 178 valence electrons. The molecule has 1 saturated carbocycles. The van der Waals surface area contributed by atoms with Gasteiger partial charge in [0, 0.05) is 38.0 Å². The van der Waals surface area contributed by atoms with E-state index < -0.39 is 21.8 Å². The fourth-order valence-corrected chi connectivity index (χ4v) is 6.17. The number of sulfonamides is 1. The number of halogens is 3. The maximum absolute atomic E-state index is 13.2. The zero-order chi connectivity index (χ0) is 23.2. The fourth-order valence-electron chi connectivity index (χ4n) is 4.61. The molecule has 3 aliphatic rings. The van der Waals surface area contributed by atoms with Gasteiger partial charge in [-0.05, 0) is 44.0 Å². The first kappa shape index (κ1) is 22.5. The zero-order valence-electron chi connectivity index (χ0n) is 17.9. The van der Waals surface area contributed by atoms with Crippen LogP contribution < -0.4 is 4.74 Å². The van der Waals surface area contributed by atoms with Crippen LogP contribution in [0.4, 0.5) is 13.2 Å². The van der Waals surface area contributed by atoms with Crippen LogP contribution in [0.2, 0.25) is 0 Å². The molecule has 0 amide bonds. The topological polar surface area (TPSA) is 75.6 Å². The van der Waals surface area contributed by atoms with Gasteiger partial charge in [-0.2, -0.15) is 17.5 Å². The second kappa shape index (κ2) is 8.52. The van der Waals surface area contributed by atoms with Gasteiger partial charge in [0.15, 0.2) is 0 Å². The van der Waals surface area contributed by atoms with Gasteiger partial charge in [0.05, 0.1) is 28.5 Å². The van der Waals surface area contributed by atoms with Crippen molar-refractivity contribution in [3.8, 4) is 5.88 Å². The first-order chi connectivity index (χ1) is 15.7. The van der Waals surface area contributed by atoms with Crippen molar-refractivity contribution >= 4 is 10.0 Å². The molecule has 2 saturated heterocycles. The summed E-state index contributed by atoms with van der Waals surface area (Å²) in [6.07, 6.45) is 2.15. The maximum atomic E-state index is 13.2. The lowest BCUT2D eigenvalue weighted by Crippen LogP contribution is -2.39. The minimum Gasteiger partial charge on any atom is -0.472 e. The molecule has 33 heavy (non-hydrogen) atoms. The normalized spacial score (nSPS) is 24.9. The molecular formula is C22H25F3N4O3S. The summed E-state index contributed by atoms with van der Waals surface area (Å²) in [4.78, 5) is 10.6. The lowest BCUT2D eigenvalue weighted by atomic mass is 10.2. The van der Waals surface area contributed by atoms with Crippen LogP contribution in [0.25, 0.3) is 0 Å². The van der Waals surface area contributed by atoms with Crippen molar-refractivity contribution in [2.45, 2.75) is 54.8 Å². The van der Waals surface area contributed by atoms with Crippen LogP contribution in [-0.2, 0) is 16.2 Å². The van der Waals surface area contributed by atoms with E-state index in [0.29, 0.717) is 43.8 Å². The Morgan fingerprint density at radius 3 is 2.58 bits per heavy atom. The van der Waals surface area contributed by atoms with E-state index in [1.807, 2.05) is 0 Å². The molecule has 0 N–H and O–H groups in total. The van der Waals surface area contributed by atoms with Gasteiger partial charge in [-0.25, -0.2) is 13.4 Å². The lowest BCUT2D eigenvalue weighted by Gasteiger charge is -2.25. The number of fused-ring (bicyclic) bond motifs is 1. The highest BCUT2D eigenvalue weighted by Crippen LogP contribution is 2.39. The highest BCUT2D eigenvalue weighted by molar-refractivity contribution is 7.89. The summed E-state index contributed by atoms with van der Waals surface area (Å²) >= 11 is 0.